The van der Waals surface area contributed by atoms with Gasteiger partial charge >= 0.3 is 0 Å². The van der Waals surface area contributed by atoms with Crippen LogP contribution in [-0.2, 0) is 0 Å². The number of allylic oxidation sites excluding steroid dienone is 1. The average molecular weight is 284 g/mol. The predicted octanol–water partition coefficient (Wildman–Crippen LogP) is 2.82. The Morgan fingerprint density at radius 3 is 2.84 bits per heavy atom. The first-order valence-corrected chi connectivity index (χ1v) is 5.51. The molecule has 2 N–H and O–H groups in total. The van der Waals surface area contributed by atoms with Crippen LogP contribution >= 0.6 is 11.6 Å². The van der Waals surface area contributed by atoms with E-state index in [0.29, 0.717) is 17.2 Å². The van der Waals surface area contributed by atoms with Crippen LogP contribution in [0, 0.1) is 5.41 Å². The third-order valence-electron chi connectivity index (χ3n) is 2.16. The molecule has 0 aliphatic heterocycles. The maximum absolute atomic E-state index is 12.1. The number of H-pyrrole nitrogens is 1. The van der Waals surface area contributed by atoms with Crippen molar-refractivity contribution in [3.05, 3.63) is 35.6 Å². The summed E-state index contributed by atoms with van der Waals surface area (Å²) in [7, 11) is 0. The van der Waals surface area contributed by atoms with Crippen molar-refractivity contribution in [1.82, 2.24) is 19.9 Å². The van der Waals surface area contributed by atoms with Crippen LogP contribution in [0.5, 0.6) is 0 Å². The zero-order chi connectivity index (χ0) is 13.8. The lowest BCUT2D eigenvalue weighted by Gasteiger charge is -1.95. The van der Waals surface area contributed by atoms with Crippen LogP contribution in [0.3, 0.4) is 0 Å². The molecule has 0 aromatic carbocycles. The van der Waals surface area contributed by atoms with Crippen LogP contribution in [0.2, 0.25) is 5.15 Å². The van der Waals surface area contributed by atoms with Crippen LogP contribution in [-0.4, -0.2) is 32.1 Å². The number of aromatic amines is 1. The Kier molecular flexibility index (Phi) is 3.96. The summed E-state index contributed by atoms with van der Waals surface area (Å²) >= 11 is 5.73. The molecule has 8 heteroatoms. The summed E-state index contributed by atoms with van der Waals surface area (Å²) in [5.74, 6) is 0.343. The van der Waals surface area contributed by atoms with Crippen molar-refractivity contribution < 1.29 is 8.78 Å². The number of hydrogen-bond donors (Lipinski definition) is 2. The lowest BCUT2D eigenvalue weighted by Crippen LogP contribution is -2.03. The van der Waals surface area contributed by atoms with Crippen molar-refractivity contribution in [2.45, 2.75) is 6.43 Å². The smallest absolute Gasteiger partial charge is 0.279 e. The molecule has 0 spiro atoms. The molecule has 0 fully saturated rings. The number of nitrogens with one attached hydrogen (secondary N) is 2. The Bertz CT molecular complexity index is 623. The van der Waals surface area contributed by atoms with Gasteiger partial charge < -0.3 is 4.98 Å². The Hall–Kier alpha value is -2.15. The van der Waals surface area contributed by atoms with E-state index < -0.39 is 12.1 Å². The lowest BCUT2D eigenvalue weighted by atomic mass is 10.3. The van der Waals surface area contributed by atoms with Crippen LogP contribution in [0.25, 0.3) is 17.5 Å². The Labute approximate surface area is 111 Å². The van der Waals surface area contributed by atoms with E-state index >= 15 is 0 Å². The number of hydrogen-bond acceptors (Lipinski definition) is 4. The highest BCUT2D eigenvalue weighted by Crippen LogP contribution is 2.16. The molecule has 0 aliphatic carbocycles. The Morgan fingerprint density at radius 1 is 1.37 bits per heavy atom. The first-order valence-electron chi connectivity index (χ1n) is 5.14. The fourth-order valence-corrected chi connectivity index (χ4v) is 1.42. The second-order valence-electron chi connectivity index (χ2n) is 3.50. The molecular formula is C11H8ClF2N5. The summed E-state index contributed by atoms with van der Waals surface area (Å²) in [6, 6.07) is 1.55. The molecule has 0 bridgehead atoms. The fourth-order valence-electron chi connectivity index (χ4n) is 1.27. The monoisotopic (exact) mass is 283 g/mol. The van der Waals surface area contributed by atoms with Gasteiger partial charge in [0.15, 0.2) is 0 Å². The van der Waals surface area contributed by atoms with Crippen LogP contribution in [0.15, 0.2) is 24.7 Å². The third-order valence-corrected chi connectivity index (χ3v) is 2.37. The Balaban J connectivity index is 2.18. The summed E-state index contributed by atoms with van der Waals surface area (Å²) in [5, 5.41) is 7.26. The summed E-state index contributed by atoms with van der Waals surface area (Å²) in [4.78, 5) is 14.6. The molecule has 0 aliphatic rings. The highest BCUT2D eigenvalue weighted by molar-refractivity contribution is 6.29. The maximum atomic E-state index is 12.1. The van der Waals surface area contributed by atoms with E-state index in [1.807, 2.05) is 0 Å². The van der Waals surface area contributed by atoms with E-state index in [0.717, 1.165) is 6.08 Å². The van der Waals surface area contributed by atoms with Crippen molar-refractivity contribution in [3.8, 4) is 11.4 Å². The van der Waals surface area contributed by atoms with Gasteiger partial charge in [-0.15, -0.1) is 0 Å². The van der Waals surface area contributed by atoms with Gasteiger partial charge in [0.2, 0.25) is 0 Å². The van der Waals surface area contributed by atoms with E-state index in [2.05, 4.69) is 19.9 Å². The average Bonchev–Trinajstić information content (AvgIpc) is 2.84. The van der Waals surface area contributed by atoms with Crippen LogP contribution < -0.4 is 0 Å². The molecule has 0 unspecified atom stereocenters. The van der Waals surface area contributed by atoms with Gasteiger partial charge in [-0.3, -0.25) is 5.41 Å². The molecule has 0 amide bonds. The number of imidazole rings is 1. The van der Waals surface area contributed by atoms with Crippen molar-refractivity contribution in [3.63, 3.8) is 0 Å². The van der Waals surface area contributed by atoms with Gasteiger partial charge in [0, 0.05) is 6.07 Å². The molecule has 19 heavy (non-hydrogen) atoms. The van der Waals surface area contributed by atoms with Gasteiger partial charge in [-0.05, 0) is 12.2 Å². The lowest BCUT2D eigenvalue weighted by molar-refractivity contribution is 0.226. The number of nitrogens with zero attached hydrogens (tertiary/aromatic N) is 3. The molecule has 98 valence electrons. The minimum Gasteiger partial charge on any atom is -0.337 e. The summed E-state index contributed by atoms with van der Waals surface area (Å²) in [6.45, 7) is 0. The van der Waals surface area contributed by atoms with Gasteiger partial charge in [-0.1, -0.05) is 11.6 Å². The minimum absolute atomic E-state index is 0.288. The van der Waals surface area contributed by atoms with E-state index in [9.17, 15) is 8.78 Å². The summed E-state index contributed by atoms with van der Waals surface area (Å²) in [5.41, 5.74) is 0.339. The normalized spacial score (nSPS) is 11.4. The molecule has 5 nitrogen and oxygen atoms in total. The van der Waals surface area contributed by atoms with Gasteiger partial charge in [0.05, 0.1) is 23.3 Å². The van der Waals surface area contributed by atoms with Gasteiger partial charge in [0.1, 0.15) is 17.3 Å². The topological polar surface area (TPSA) is 78.3 Å². The SMILES string of the molecule is N=C(/C=C\c1ncc(-c2cc(Cl)ncn2)[nH]1)C(F)F. The first kappa shape index (κ1) is 13.3. The molecule has 0 radical (unpaired) electrons. The Morgan fingerprint density at radius 2 is 2.16 bits per heavy atom. The first-order chi connectivity index (χ1) is 9.06. The molecule has 2 rings (SSSR count). The van der Waals surface area contributed by atoms with Crippen LogP contribution in [0.1, 0.15) is 5.82 Å². The highest BCUT2D eigenvalue weighted by Gasteiger charge is 2.07. The zero-order valence-corrected chi connectivity index (χ0v) is 10.2. The maximum Gasteiger partial charge on any atom is 0.279 e. The quantitative estimate of drug-likeness (QED) is 0.669. The molecular weight excluding hydrogens is 276 g/mol. The third kappa shape index (κ3) is 3.41. The number of aromatic nitrogens is 4. The fraction of sp³-hybridized carbons (Fsp3) is 0.0909. The number of rotatable bonds is 4. The number of alkyl halides is 2. The van der Waals surface area contributed by atoms with Gasteiger partial charge in [-0.25, -0.2) is 23.7 Å². The van der Waals surface area contributed by atoms with Crippen molar-refractivity contribution in [1.29, 1.82) is 5.41 Å². The second kappa shape index (κ2) is 5.66. The molecule has 2 aromatic rings. The van der Waals surface area contributed by atoms with Crippen molar-refractivity contribution >= 4 is 23.4 Å². The summed E-state index contributed by atoms with van der Waals surface area (Å²) in [6.07, 6.45) is 2.28. The van der Waals surface area contributed by atoms with Crippen molar-refractivity contribution in [2.75, 3.05) is 0 Å². The minimum atomic E-state index is -2.80. The largest absolute Gasteiger partial charge is 0.337 e. The van der Waals surface area contributed by atoms with Crippen molar-refractivity contribution in [2.24, 2.45) is 0 Å². The standard InChI is InChI=1S/C11H8ClF2N5/c12-9-3-7(17-5-18-9)8-4-16-10(19-8)2-1-6(15)11(13)14/h1-5,11,15H,(H,16,19)/b2-1-,15-6?. The second-order valence-corrected chi connectivity index (χ2v) is 3.88. The highest BCUT2D eigenvalue weighted by atomic mass is 35.5. The number of halogens is 3. The van der Waals surface area contributed by atoms with Crippen LogP contribution in [0.4, 0.5) is 8.78 Å². The molecule has 0 atom stereocenters. The van der Waals surface area contributed by atoms with Gasteiger partial charge in [-0.2, -0.15) is 0 Å². The zero-order valence-electron chi connectivity index (χ0n) is 9.44. The molecule has 0 saturated heterocycles. The van der Waals surface area contributed by atoms with Gasteiger partial charge in [0.25, 0.3) is 6.43 Å². The molecule has 2 aromatic heterocycles. The summed E-state index contributed by atoms with van der Waals surface area (Å²) < 4.78 is 24.2. The van der Waals surface area contributed by atoms with E-state index in [4.69, 9.17) is 17.0 Å². The predicted molar refractivity (Wildman–Crippen MR) is 67.4 cm³/mol. The molecule has 2 heterocycles. The van der Waals surface area contributed by atoms with E-state index in [-0.39, 0.29) is 5.15 Å². The van der Waals surface area contributed by atoms with E-state index in [1.54, 1.807) is 6.07 Å². The molecule has 0 saturated carbocycles. The van der Waals surface area contributed by atoms with E-state index in [1.165, 1.54) is 18.6 Å².